The quantitative estimate of drug-likeness (QED) is 0.434. The molecule has 3 rings (SSSR count). The standard InChI is InChI=1S/C27H30O4S/c1-5-32(29,30)26-16-10-22(11-17-26)19-24(28)18-21-8-14-25(15-9-21)31-27(3,4)23-12-6-20(2)7-13-23/h6-17H,5,18-19H2,1-4H3. The number of hydrogen-bond donors (Lipinski definition) is 0. The fraction of sp³-hybridized carbons (Fsp3) is 0.296. The van der Waals surface area contributed by atoms with E-state index >= 15 is 0 Å². The summed E-state index contributed by atoms with van der Waals surface area (Å²) in [6, 6.07) is 22.5. The number of ketones is 1. The summed E-state index contributed by atoms with van der Waals surface area (Å²) < 4.78 is 30.0. The Balaban J connectivity index is 1.59. The van der Waals surface area contributed by atoms with Crippen LogP contribution in [0.15, 0.2) is 77.7 Å². The molecule has 0 saturated heterocycles. The summed E-state index contributed by atoms with van der Waals surface area (Å²) in [7, 11) is -3.23. The number of rotatable bonds is 9. The fourth-order valence-electron chi connectivity index (χ4n) is 3.48. The fourth-order valence-corrected chi connectivity index (χ4v) is 4.37. The van der Waals surface area contributed by atoms with Crippen LogP contribution in [0, 0.1) is 6.92 Å². The first kappa shape index (κ1) is 23.7. The maximum absolute atomic E-state index is 12.5. The summed E-state index contributed by atoms with van der Waals surface area (Å²) in [6.45, 7) is 7.74. The van der Waals surface area contributed by atoms with Gasteiger partial charge in [0.15, 0.2) is 9.84 Å². The molecule has 3 aromatic rings. The van der Waals surface area contributed by atoms with Crippen LogP contribution < -0.4 is 4.74 Å². The van der Waals surface area contributed by atoms with Crippen molar-refractivity contribution in [2.75, 3.05) is 5.75 Å². The van der Waals surface area contributed by atoms with E-state index < -0.39 is 15.4 Å². The van der Waals surface area contributed by atoms with Crippen molar-refractivity contribution in [1.29, 1.82) is 0 Å². The molecule has 5 heteroatoms. The van der Waals surface area contributed by atoms with Gasteiger partial charge < -0.3 is 4.74 Å². The largest absolute Gasteiger partial charge is 0.483 e. The maximum atomic E-state index is 12.5. The molecule has 32 heavy (non-hydrogen) atoms. The molecule has 0 saturated carbocycles. The SMILES string of the molecule is CCS(=O)(=O)c1ccc(CC(=O)Cc2ccc(OC(C)(C)c3ccc(C)cc3)cc2)cc1. The molecule has 0 fully saturated rings. The van der Waals surface area contributed by atoms with Crippen molar-refractivity contribution >= 4 is 15.6 Å². The Hall–Kier alpha value is -2.92. The number of benzene rings is 3. The summed E-state index contributed by atoms with van der Waals surface area (Å²) in [6.07, 6.45) is 0.585. The van der Waals surface area contributed by atoms with E-state index in [1.54, 1.807) is 31.2 Å². The number of carbonyl (C=O) groups excluding carboxylic acids is 1. The molecule has 4 nitrogen and oxygen atoms in total. The minimum atomic E-state index is -3.23. The molecular formula is C27H30O4S. The van der Waals surface area contributed by atoms with E-state index in [1.165, 1.54) is 5.56 Å². The molecule has 0 aliphatic carbocycles. The number of carbonyl (C=O) groups is 1. The lowest BCUT2D eigenvalue weighted by Crippen LogP contribution is -2.25. The number of sulfone groups is 1. The van der Waals surface area contributed by atoms with Gasteiger partial charge in [-0.15, -0.1) is 0 Å². The van der Waals surface area contributed by atoms with E-state index in [9.17, 15) is 13.2 Å². The predicted octanol–water partition coefficient (Wildman–Crippen LogP) is 5.46. The number of ether oxygens (including phenoxy) is 1. The second-order valence-electron chi connectivity index (χ2n) is 8.56. The molecule has 0 aliphatic heterocycles. The van der Waals surface area contributed by atoms with E-state index in [0.717, 1.165) is 22.4 Å². The van der Waals surface area contributed by atoms with Crippen LogP contribution in [-0.4, -0.2) is 20.0 Å². The molecule has 0 heterocycles. The highest BCUT2D eigenvalue weighted by atomic mass is 32.2. The van der Waals surface area contributed by atoms with E-state index in [4.69, 9.17) is 4.74 Å². The third kappa shape index (κ3) is 6.07. The minimum Gasteiger partial charge on any atom is -0.483 e. The average Bonchev–Trinajstić information content (AvgIpc) is 2.75. The molecule has 0 atom stereocenters. The van der Waals surface area contributed by atoms with Crippen molar-refractivity contribution in [2.24, 2.45) is 0 Å². The van der Waals surface area contributed by atoms with Gasteiger partial charge in [0.05, 0.1) is 10.6 Å². The zero-order valence-electron chi connectivity index (χ0n) is 19.1. The molecule has 0 aromatic heterocycles. The van der Waals surface area contributed by atoms with E-state index in [0.29, 0.717) is 11.3 Å². The number of Topliss-reactive ketones (excluding diaryl/α,β-unsaturated/α-hetero) is 1. The molecule has 0 unspecified atom stereocenters. The van der Waals surface area contributed by atoms with Gasteiger partial charge >= 0.3 is 0 Å². The Morgan fingerprint density at radius 1 is 0.812 bits per heavy atom. The van der Waals surface area contributed by atoms with Crippen LogP contribution in [0.2, 0.25) is 0 Å². The second-order valence-corrected chi connectivity index (χ2v) is 10.8. The zero-order chi connectivity index (χ0) is 23.4. The van der Waals surface area contributed by atoms with Gasteiger partial charge in [0.25, 0.3) is 0 Å². The monoisotopic (exact) mass is 450 g/mol. The lowest BCUT2D eigenvalue weighted by atomic mass is 9.97. The van der Waals surface area contributed by atoms with Crippen LogP contribution >= 0.6 is 0 Å². The first-order valence-electron chi connectivity index (χ1n) is 10.8. The van der Waals surface area contributed by atoms with Gasteiger partial charge in [-0.3, -0.25) is 4.79 Å². The minimum absolute atomic E-state index is 0.0627. The number of hydrogen-bond acceptors (Lipinski definition) is 4. The topological polar surface area (TPSA) is 60.4 Å². The van der Waals surface area contributed by atoms with E-state index in [-0.39, 0.29) is 18.0 Å². The summed E-state index contributed by atoms with van der Waals surface area (Å²) in [5.74, 6) is 0.886. The Bertz CT molecular complexity index is 1160. The average molecular weight is 451 g/mol. The summed E-state index contributed by atoms with van der Waals surface area (Å²) >= 11 is 0. The zero-order valence-corrected chi connectivity index (χ0v) is 19.9. The third-order valence-electron chi connectivity index (χ3n) is 5.51. The molecule has 0 spiro atoms. The normalized spacial score (nSPS) is 11.9. The van der Waals surface area contributed by atoms with Crippen LogP contribution in [-0.2, 0) is 33.1 Å². The predicted molar refractivity (Wildman–Crippen MR) is 128 cm³/mol. The van der Waals surface area contributed by atoms with Crippen molar-refractivity contribution in [3.05, 3.63) is 95.1 Å². The highest BCUT2D eigenvalue weighted by Crippen LogP contribution is 2.28. The van der Waals surface area contributed by atoms with Crippen molar-refractivity contribution in [3.8, 4) is 5.75 Å². The number of aryl methyl sites for hydroxylation is 1. The first-order chi connectivity index (χ1) is 15.1. The molecule has 0 radical (unpaired) electrons. The Morgan fingerprint density at radius 3 is 1.81 bits per heavy atom. The van der Waals surface area contributed by atoms with Gasteiger partial charge in [0.1, 0.15) is 17.1 Å². The molecular weight excluding hydrogens is 420 g/mol. The molecule has 3 aromatic carbocycles. The smallest absolute Gasteiger partial charge is 0.178 e. The van der Waals surface area contributed by atoms with Gasteiger partial charge in [0.2, 0.25) is 0 Å². The summed E-state index contributed by atoms with van der Waals surface area (Å²) in [5, 5.41) is 0. The van der Waals surface area contributed by atoms with Crippen molar-refractivity contribution < 1.29 is 17.9 Å². The molecule has 0 aliphatic rings. The van der Waals surface area contributed by atoms with Gasteiger partial charge in [0, 0.05) is 12.8 Å². The van der Waals surface area contributed by atoms with E-state index in [1.807, 2.05) is 38.1 Å². The third-order valence-corrected chi connectivity index (χ3v) is 7.26. The van der Waals surface area contributed by atoms with Crippen LogP contribution in [0.5, 0.6) is 5.75 Å². The van der Waals surface area contributed by atoms with Crippen molar-refractivity contribution in [3.63, 3.8) is 0 Å². The second kappa shape index (κ2) is 9.70. The van der Waals surface area contributed by atoms with Crippen LogP contribution in [0.4, 0.5) is 0 Å². The molecule has 168 valence electrons. The highest BCUT2D eigenvalue weighted by Gasteiger charge is 2.22. The van der Waals surface area contributed by atoms with Gasteiger partial charge in [-0.1, -0.05) is 61.0 Å². The van der Waals surface area contributed by atoms with Crippen LogP contribution in [0.25, 0.3) is 0 Å². The first-order valence-corrected chi connectivity index (χ1v) is 12.4. The van der Waals surface area contributed by atoms with Crippen LogP contribution in [0.3, 0.4) is 0 Å². The Morgan fingerprint density at radius 2 is 1.31 bits per heavy atom. The molecule has 0 N–H and O–H groups in total. The summed E-state index contributed by atoms with van der Waals surface area (Å²) in [5.41, 5.74) is 3.56. The van der Waals surface area contributed by atoms with Gasteiger partial charge in [-0.2, -0.15) is 0 Å². The lowest BCUT2D eigenvalue weighted by molar-refractivity contribution is -0.117. The van der Waals surface area contributed by atoms with Gasteiger partial charge in [-0.05, 0) is 61.7 Å². The van der Waals surface area contributed by atoms with Crippen molar-refractivity contribution in [2.45, 2.75) is 51.0 Å². The maximum Gasteiger partial charge on any atom is 0.178 e. The lowest BCUT2D eigenvalue weighted by Gasteiger charge is -2.27. The summed E-state index contributed by atoms with van der Waals surface area (Å²) in [4.78, 5) is 12.8. The van der Waals surface area contributed by atoms with Crippen LogP contribution in [0.1, 0.15) is 43.0 Å². The van der Waals surface area contributed by atoms with Gasteiger partial charge in [-0.25, -0.2) is 8.42 Å². The Labute approximate surface area is 191 Å². The molecule has 0 bridgehead atoms. The molecule has 0 amide bonds. The Kier molecular flexibility index (Phi) is 7.19. The van der Waals surface area contributed by atoms with E-state index in [2.05, 4.69) is 31.2 Å². The van der Waals surface area contributed by atoms with Crippen molar-refractivity contribution in [1.82, 2.24) is 0 Å². The highest BCUT2D eigenvalue weighted by molar-refractivity contribution is 7.91.